The van der Waals surface area contributed by atoms with E-state index in [1.807, 2.05) is 0 Å². The van der Waals surface area contributed by atoms with Gasteiger partial charge in [-0.2, -0.15) is 0 Å². The number of sulfonamides is 1. The van der Waals surface area contributed by atoms with Gasteiger partial charge in [0.2, 0.25) is 5.76 Å². The van der Waals surface area contributed by atoms with Gasteiger partial charge in [-0.3, -0.25) is 9.52 Å². The first-order valence-electron chi connectivity index (χ1n) is 6.47. The predicted octanol–water partition coefficient (Wildman–Crippen LogP) is 4.33. The van der Waals surface area contributed by atoms with Crippen LogP contribution in [0, 0.1) is 0 Å². The minimum Gasteiger partial charge on any atom is -0.502 e. The Hall–Kier alpha value is -1.59. The Morgan fingerprint density at radius 2 is 1.85 bits per heavy atom. The number of rotatable bonds is 6. The maximum Gasteiger partial charge on any atom is 0.371 e. The van der Waals surface area contributed by atoms with Crippen molar-refractivity contribution in [1.82, 2.24) is 0 Å². The summed E-state index contributed by atoms with van der Waals surface area (Å²) in [6.07, 6.45) is 0.516. The molecule has 2 aromatic rings. The fourth-order valence-electron chi connectivity index (χ4n) is 1.78. The number of carboxylic acid groups (broad SMARTS) is 1. The van der Waals surface area contributed by atoms with Crippen molar-refractivity contribution < 1.29 is 28.2 Å². The molecular formula is C14H8BrCl2NO6S2. The first-order valence-corrected chi connectivity index (χ1v) is 10.3. The number of nitrogens with one attached hydrogen (secondary N) is 1. The molecule has 0 spiro atoms. The third kappa shape index (κ3) is 4.57. The summed E-state index contributed by atoms with van der Waals surface area (Å²) in [6, 6.07) is 5.27. The molecule has 2 rings (SSSR count). The summed E-state index contributed by atoms with van der Waals surface area (Å²) >= 11 is 15.7. The maximum absolute atomic E-state index is 12.5. The van der Waals surface area contributed by atoms with E-state index in [1.165, 1.54) is 24.3 Å². The smallest absolute Gasteiger partial charge is 0.371 e. The third-order valence-electron chi connectivity index (χ3n) is 2.88. The number of benzene rings is 1. The average molecular weight is 501 g/mol. The number of hydrogen-bond acceptors (Lipinski definition) is 6. The van der Waals surface area contributed by atoms with Crippen LogP contribution in [0.25, 0.3) is 0 Å². The Balaban J connectivity index is 2.35. The molecule has 0 saturated carbocycles. The van der Waals surface area contributed by atoms with Crippen LogP contribution in [0.3, 0.4) is 0 Å². The van der Waals surface area contributed by atoms with Crippen LogP contribution in [-0.4, -0.2) is 30.4 Å². The number of carbonyl (C=O) groups excluding carboxylic acids is 1. The van der Waals surface area contributed by atoms with Gasteiger partial charge in [0.15, 0.2) is 5.78 Å². The van der Waals surface area contributed by atoms with Crippen LogP contribution in [0.5, 0.6) is 0 Å². The second-order valence-electron chi connectivity index (χ2n) is 4.68. The lowest BCUT2D eigenvalue weighted by atomic mass is 10.1. The summed E-state index contributed by atoms with van der Waals surface area (Å²) in [6.45, 7) is 0. The lowest BCUT2D eigenvalue weighted by molar-refractivity contribution is -0.135. The van der Waals surface area contributed by atoms with E-state index in [9.17, 15) is 18.0 Å². The molecule has 0 amide bonds. The van der Waals surface area contributed by atoms with Crippen molar-refractivity contribution in [2.75, 3.05) is 4.72 Å². The molecule has 0 aliphatic rings. The van der Waals surface area contributed by atoms with E-state index in [0.717, 1.165) is 11.3 Å². The Morgan fingerprint density at radius 3 is 2.38 bits per heavy atom. The number of aliphatic carboxylic acids is 1. The quantitative estimate of drug-likeness (QED) is 0.308. The molecule has 26 heavy (non-hydrogen) atoms. The second-order valence-corrected chi connectivity index (χ2v) is 9.31. The van der Waals surface area contributed by atoms with E-state index in [0.29, 0.717) is 6.08 Å². The normalized spacial score (nSPS) is 12.0. The number of halogens is 3. The molecule has 0 aliphatic heterocycles. The zero-order valence-corrected chi connectivity index (χ0v) is 17.1. The van der Waals surface area contributed by atoms with E-state index in [4.69, 9.17) is 33.4 Å². The van der Waals surface area contributed by atoms with Crippen LogP contribution in [-0.2, 0) is 14.8 Å². The van der Waals surface area contributed by atoms with Crippen molar-refractivity contribution in [1.29, 1.82) is 0 Å². The third-order valence-corrected chi connectivity index (χ3v) is 7.73. The van der Waals surface area contributed by atoms with E-state index in [-0.39, 0.29) is 29.3 Å². The number of anilines is 1. The summed E-state index contributed by atoms with van der Waals surface area (Å²) in [5.74, 6) is -3.61. The first kappa shape index (κ1) is 20.7. The van der Waals surface area contributed by atoms with Crippen LogP contribution in [0.15, 0.2) is 45.5 Å². The van der Waals surface area contributed by atoms with Crippen molar-refractivity contribution in [3.63, 3.8) is 0 Å². The molecule has 1 heterocycles. The number of aliphatic hydroxyl groups excluding tert-OH is 1. The Bertz CT molecular complexity index is 1030. The van der Waals surface area contributed by atoms with Crippen LogP contribution in [0.2, 0.25) is 8.67 Å². The van der Waals surface area contributed by atoms with Crippen molar-refractivity contribution in [2.45, 2.75) is 4.90 Å². The summed E-state index contributed by atoms with van der Waals surface area (Å²) in [4.78, 5) is 22.3. The number of aliphatic hydroxyl groups is 1. The molecule has 0 fully saturated rings. The molecule has 1 aromatic carbocycles. The largest absolute Gasteiger partial charge is 0.502 e. The zero-order valence-electron chi connectivity index (χ0n) is 12.4. The van der Waals surface area contributed by atoms with Crippen LogP contribution < -0.4 is 4.72 Å². The SMILES string of the molecule is O=C(O)C(O)=CC(=O)c1cccc(NS(=O)(=O)c2c(Cl)sc(Cl)c2Br)c1. The van der Waals surface area contributed by atoms with Crippen molar-refractivity contribution in [3.8, 4) is 0 Å². The highest BCUT2D eigenvalue weighted by Gasteiger charge is 2.26. The highest BCUT2D eigenvalue weighted by Crippen LogP contribution is 2.43. The highest BCUT2D eigenvalue weighted by molar-refractivity contribution is 9.10. The zero-order chi connectivity index (χ0) is 19.6. The molecule has 1 aromatic heterocycles. The minimum atomic E-state index is -4.11. The van der Waals surface area contributed by atoms with Gasteiger partial charge in [0.1, 0.15) is 13.6 Å². The molecule has 138 valence electrons. The van der Waals surface area contributed by atoms with Gasteiger partial charge in [-0.05, 0) is 28.1 Å². The molecule has 0 atom stereocenters. The molecule has 7 nitrogen and oxygen atoms in total. The van der Waals surface area contributed by atoms with Crippen LogP contribution in [0.1, 0.15) is 10.4 Å². The molecule has 12 heteroatoms. The van der Waals surface area contributed by atoms with E-state index < -0.39 is 27.5 Å². The van der Waals surface area contributed by atoms with Gasteiger partial charge >= 0.3 is 5.97 Å². The van der Waals surface area contributed by atoms with Gasteiger partial charge in [0, 0.05) is 17.3 Å². The molecule has 0 unspecified atom stereocenters. The molecule has 3 N–H and O–H groups in total. The average Bonchev–Trinajstić information content (AvgIpc) is 2.80. The number of thiophene rings is 1. The molecule has 0 saturated heterocycles. The van der Waals surface area contributed by atoms with Gasteiger partial charge in [-0.1, -0.05) is 35.3 Å². The molecule has 0 bridgehead atoms. The summed E-state index contributed by atoms with van der Waals surface area (Å²) in [5.41, 5.74) is -0.00383. The number of ketones is 1. The van der Waals surface area contributed by atoms with Crippen molar-refractivity contribution >= 4 is 77.9 Å². The van der Waals surface area contributed by atoms with Crippen molar-refractivity contribution in [2.24, 2.45) is 0 Å². The molecule has 0 aliphatic carbocycles. The lowest BCUT2D eigenvalue weighted by Crippen LogP contribution is -2.13. The number of carbonyl (C=O) groups is 2. The Kier molecular flexibility index (Phi) is 6.35. The highest BCUT2D eigenvalue weighted by atomic mass is 79.9. The van der Waals surface area contributed by atoms with Crippen molar-refractivity contribution in [3.05, 3.63) is 54.8 Å². The Labute approximate surface area is 170 Å². The van der Waals surface area contributed by atoms with Gasteiger partial charge in [-0.15, -0.1) is 11.3 Å². The molecule has 0 radical (unpaired) electrons. The monoisotopic (exact) mass is 499 g/mol. The first-order chi connectivity index (χ1) is 12.0. The van der Waals surface area contributed by atoms with Crippen LogP contribution in [0.4, 0.5) is 5.69 Å². The van der Waals surface area contributed by atoms with Crippen LogP contribution >= 0.6 is 50.5 Å². The minimum absolute atomic E-state index is 0.0318. The van der Waals surface area contributed by atoms with E-state index >= 15 is 0 Å². The van der Waals surface area contributed by atoms with E-state index in [2.05, 4.69) is 20.7 Å². The number of hydrogen-bond donors (Lipinski definition) is 3. The standard InChI is InChI=1S/C14H8BrCl2NO6S2/c15-10-11(13(17)25-12(10)16)26(23,24)18-7-3-1-2-6(4-7)8(19)5-9(20)14(21)22/h1-5,18,20H,(H,21,22). The van der Waals surface area contributed by atoms with Gasteiger partial charge in [0.05, 0.1) is 4.47 Å². The van der Waals surface area contributed by atoms with Gasteiger partial charge in [0.25, 0.3) is 10.0 Å². The van der Waals surface area contributed by atoms with Gasteiger partial charge < -0.3 is 10.2 Å². The lowest BCUT2D eigenvalue weighted by Gasteiger charge is -2.09. The summed E-state index contributed by atoms with van der Waals surface area (Å²) in [7, 11) is -4.11. The molecular weight excluding hydrogens is 493 g/mol. The number of allylic oxidation sites excluding steroid dienone is 1. The maximum atomic E-state index is 12.5. The summed E-state index contributed by atoms with van der Waals surface area (Å²) < 4.78 is 27.5. The number of carboxylic acids is 1. The predicted molar refractivity (Wildman–Crippen MR) is 102 cm³/mol. The summed E-state index contributed by atoms with van der Waals surface area (Å²) in [5, 5.41) is 17.7. The van der Waals surface area contributed by atoms with Gasteiger partial charge in [-0.25, -0.2) is 13.2 Å². The second kappa shape index (κ2) is 7.97. The van der Waals surface area contributed by atoms with E-state index in [1.54, 1.807) is 0 Å². The fraction of sp³-hybridized carbons (Fsp3) is 0. The topological polar surface area (TPSA) is 121 Å². The fourth-order valence-corrected chi connectivity index (χ4v) is 6.39. The Morgan fingerprint density at radius 1 is 1.19 bits per heavy atom.